The first-order valence-electron chi connectivity index (χ1n) is 10.1. The van der Waals surface area contributed by atoms with E-state index in [2.05, 4.69) is 15.2 Å². The van der Waals surface area contributed by atoms with Crippen molar-refractivity contribution in [2.45, 2.75) is 32.1 Å². The highest BCUT2D eigenvalue weighted by Gasteiger charge is 2.19. The second-order valence-electron chi connectivity index (χ2n) is 7.09. The fraction of sp³-hybridized carbons (Fsp3) is 0.217. The van der Waals surface area contributed by atoms with Crippen molar-refractivity contribution in [3.63, 3.8) is 0 Å². The number of sulfonamides is 1. The van der Waals surface area contributed by atoms with Crippen LogP contribution in [0.2, 0.25) is 0 Å². The van der Waals surface area contributed by atoms with Crippen molar-refractivity contribution in [1.29, 1.82) is 0 Å². The molecule has 0 aliphatic rings. The van der Waals surface area contributed by atoms with Crippen LogP contribution in [0.3, 0.4) is 0 Å². The maximum absolute atomic E-state index is 12.5. The number of anilines is 2. The number of ether oxygens (including phenoxy) is 1. The zero-order valence-corrected chi connectivity index (χ0v) is 18.9. The third-order valence-corrected chi connectivity index (χ3v) is 5.94. The second kappa shape index (κ2) is 10.1. The maximum Gasteiger partial charge on any atom is 0.264 e. The van der Waals surface area contributed by atoms with Crippen LogP contribution < -0.4 is 14.8 Å². The van der Waals surface area contributed by atoms with Gasteiger partial charge in [-0.25, -0.2) is 13.1 Å². The van der Waals surface area contributed by atoms with Crippen LogP contribution in [0.1, 0.15) is 30.2 Å². The quantitative estimate of drug-likeness (QED) is 0.459. The molecule has 0 fully saturated rings. The van der Waals surface area contributed by atoms with E-state index in [1.165, 1.54) is 30.3 Å². The Kier molecular flexibility index (Phi) is 7.32. The molecule has 32 heavy (non-hydrogen) atoms. The van der Waals surface area contributed by atoms with E-state index >= 15 is 0 Å². The van der Waals surface area contributed by atoms with E-state index in [0.717, 1.165) is 17.7 Å². The number of hydrogen-bond donors (Lipinski definition) is 2. The number of carbonyl (C=O) groups is 1. The van der Waals surface area contributed by atoms with Crippen LogP contribution in [-0.4, -0.2) is 26.1 Å². The van der Waals surface area contributed by atoms with E-state index in [9.17, 15) is 13.2 Å². The Morgan fingerprint density at radius 1 is 1.09 bits per heavy atom. The predicted octanol–water partition coefficient (Wildman–Crippen LogP) is 4.53. The maximum atomic E-state index is 12.5. The van der Waals surface area contributed by atoms with E-state index in [-0.39, 0.29) is 16.7 Å². The summed E-state index contributed by atoms with van der Waals surface area (Å²) in [5.41, 5.74) is 2.55. The van der Waals surface area contributed by atoms with Crippen molar-refractivity contribution in [3.8, 4) is 5.75 Å². The van der Waals surface area contributed by atoms with Gasteiger partial charge in [-0.1, -0.05) is 24.2 Å². The molecule has 0 unspecified atom stereocenters. The van der Waals surface area contributed by atoms with Gasteiger partial charge in [-0.15, -0.1) is 0 Å². The number of benzene rings is 2. The SMILES string of the molecule is CCCOc1ccc(/C=C/C(=O)Nc2ccc(S(=O)(=O)Nc3onc(C)c3C)cc2)cc1. The molecule has 2 N–H and O–H groups in total. The monoisotopic (exact) mass is 455 g/mol. The molecule has 1 aromatic heterocycles. The second-order valence-corrected chi connectivity index (χ2v) is 8.77. The number of rotatable bonds is 9. The number of nitrogens with one attached hydrogen (secondary N) is 2. The van der Waals surface area contributed by atoms with Crippen LogP contribution >= 0.6 is 0 Å². The highest BCUT2D eigenvalue weighted by atomic mass is 32.2. The average Bonchev–Trinajstić information content (AvgIpc) is 3.09. The van der Waals surface area contributed by atoms with Gasteiger partial charge in [-0.2, -0.15) is 0 Å². The number of aryl methyl sites for hydroxylation is 1. The molecule has 0 bridgehead atoms. The van der Waals surface area contributed by atoms with E-state index in [1.807, 2.05) is 31.2 Å². The van der Waals surface area contributed by atoms with Crippen LogP contribution in [0.4, 0.5) is 11.6 Å². The molecule has 0 saturated carbocycles. The summed E-state index contributed by atoms with van der Waals surface area (Å²) in [6, 6.07) is 13.2. The summed E-state index contributed by atoms with van der Waals surface area (Å²) in [5.74, 6) is 0.527. The minimum atomic E-state index is -3.84. The van der Waals surface area contributed by atoms with Gasteiger partial charge in [0.25, 0.3) is 10.0 Å². The smallest absolute Gasteiger partial charge is 0.264 e. The lowest BCUT2D eigenvalue weighted by Gasteiger charge is -2.07. The summed E-state index contributed by atoms with van der Waals surface area (Å²) in [5, 5.41) is 6.43. The fourth-order valence-corrected chi connectivity index (χ4v) is 3.71. The lowest BCUT2D eigenvalue weighted by Crippen LogP contribution is -2.13. The van der Waals surface area contributed by atoms with Crippen LogP contribution in [-0.2, 0) is 14.8 Å². The zero-order valence-electron chi connectivity index (χ0n) is 18.1. The number of aromatic nitrogens is 1. The van der Waals surface area contributed by atoms with Gasteiger partial charge in [-0.3, -0.25) is 4.79 Å². The largest absolute Gasteiger partial charge is 0.494 e. The molecular formula is C23H25N3O5S. The number of hydrogen-bond acceptors (Lipinski definition) is 6. The van der Waals surface area contributed by atoms with Crippen molar-refractivity contribution in [3.05, 3.63) is 71.4 Å². The van der Waals surface area contributed by atoms with Gasteiger partial charge in [-0.05, 0) is 68.3 Å². The topological polar surface area (TPSA) is 111 Å². The van der Waals surface area contributed by atoms with E-state index in [0.29, 0.717) is 23.6 Å². The number of carbonyl (C=O) groups excluding carboxylic acids is 1. The molecule has 3 rings (SSSR count). The Morgan fingerprint density at radius 2 is 1.78 bits per heavy atom. The summed E-state index contributed by atoms with van der Waals surface area (Å²) in [4.78, 5) is 12.2. The Balaban J connectivity index is 1.59. The van der Waals surface area contributed by atoms with Crippen LogP contribution in [0, 0.1) is 13.8 Å². The molecule has 0 atom stereocenters. The highest BCUT2D eigenvalue weighted by Crippen LogP contribution is 2.22. The first-order valence-corrected chi connectivity index (χ1v) is 11.5. The Labute approximate surface area is 187 Å². The molecule has 0 aliphatic carbocycles. The standard InChI is InChI=1S/C23H25N3O5S/c1-4-15-30-20-10-5-18(6-11-20)7-14-22(27)24-19-8-12-21(13-9-19)32(28,29)26-23-16(2)17(3)25-31-23/h5-14,26H,4,15H2,1-3H3,(H,24,27)/b14-7+. The van der Waals surface area contributed by atoms with Crippen molar-refractivity contribution in [2.75, 3.05) is 16.6 Å². The van der Waals surface area contributed by atoms with E-state index in [4.69, 9.17) is 9.26 Å². The molecule has 9 heteroatoms. The molecule has 0 saturated heterocycles. The van der Waals surface area contributed by atoms with Gasteiger partial charge in [0.2, 0.25) is 11.8 Å². The molecule has 8 nitrogen and oxygen atoms in total. The van der Waals surface area contributed by atoms with Crippen molar-refractivity contribution < 1.29 is 22.5 Å². The number of nitrogens with zero attached hydrogens (tertiary/aromatic N) is 1. The molecule has 168 valence electrons. The average molecular weight is 456 g/mol. The van der Waals surface area contributed by atoms with E-state index < -0.39 is 10.0 Å². The van der Waals surface area contributed by atoms with E-state index in [1.54, 1.807) is 19.9 Å². The van der Waals surface area contributed by atoms with Crippen molar-refractivity contribution in [2.24, 2.45) is 0 Å². The molecule has 2 aromatic carbocycles. The minimum absolute atomic E-state index is 0.0323. The van der Waals surface area contributed by atoms with Gasteiger partial charge in [0.15, 0.2) is 0 Å². The number of amides is 1. The Morgan fingerprint density at radius 3 is 2.38 bits per heavy atom. The lowest BCUT2D eigenvalue weighted by molar-refractivity contribution is -0.111. The van der Waals surface area contributed by atoms with Gasteiger partial charge >= 0.3 is 0 Å². The van der Waals surface area contributed by atoms with Gasteiger partial charge in [0.05, 0.1) is 17.2 Å². The summed E-state index contributed by atoms with van der Waals surface area (Å²) < 4.78 is 38.0. The molecule has 1 amide bonds. The molecule has 0 spiro atoms. The fourth-order valence-electron chi connectivity index (χ4n) is 2.66. The molecule has 0 aliphatic heterocycles. The first kappa shape index (κ1) is 23.1. The minimum Gasteiger partial charge on any atom is -0.494 e. The molecule has 1 heterocycles. The summed E-state index contributed by atoms with van der Waals surface area (Å²) in [6.07, 6.45) is 4.03. The van der Waals surface area contributed by atoms with Crippen LogP contribution in [0.15, 0.2) is 64.0 Å². The first-order chi connectivity index (χ1) is 15.3. The Hall–Kier alpha value is -3.59. The Bertz CT molecular complexity index is 1200. The van der Waals surface area contributed by atoms with Gasteiger partial charge < -0.3 is 14.6 Å². The third-order valence-electron chi connectivity index (χ3n) is 4.60. The molecular weight excluding hydrogens is 430 g/mol. The van der Waals surface area contributed by atoms with Crippen molar-refractivity contribution in [1.82, 2.24) is 5.16 Å². The normalized spacial score (nSPS) is 11.5. The van der Waals surface area contributed by atoms with Crippen LogP contribution in [0.25, 0.3) is 6.08 Å². The lowest BCUT2D eigenvalue weighted by atomic mass is 10.2. The summed E-state index contributed by atoms with van der Waals surface area (Å²) in [7, 11) is -3.84. The molecule has 3 aromatic rings. The van der Waals surface area contributed by atoms with Crippen molar-refractivity contribution >= 4 is 33.6 Å². The zero-order chi connectivity index (χ0) is 23.1. The predicted molar refractivity (Wildman–Crippen MR) is 123 cm³/mol. The van der Waals surface area contributed by atoms with Gasteiger partial charge in [0.1, 0.15) is 5.75 Å². The summed E-state index contributed by atoms with van der Waals surface area (Å²) in [6.45, 7) is 6.14. The van der Waals surface area contributed by atoms with Gasteiger partial charge in [0, 0.05) is 17.3 Å². The third kappa shape index (κ3) is 5.98. The summed E-state index contributed by atoms with van der Waals surface area (Å²) >= 11 is 0. The van der Waals surface area contributed by atoms with Crippen LogP contribution in [0.5, 0.6) is 5.75 Å². The molecule has 0 radical (unpaired) electrons. The highest BCUT2D eigenvalue weighted by molar-refractivity contribution is 7.92.